The van der Waals surface area contributed by atoms with Crippen molar-refractivity contribution in [2.45, 2.75) is 37.9 Å². The molecule has 5 nitrogen and oxygen atoms in total. The lowest BCUT2D eigenvalue weighted by Crippen LogP contribution is -2.31. The summed E-state index contributed by atoms with van der Waals surface area (Å²) < 4.78 is 0. The molecule has 2 heterocycles. The van der Waals surface area contributed by atoms with Crippen LogP contribution >= 0.6 is 23.4 Å². The molecule has 1 aromatic heterocycles. The highest BCUT2D eigenvalue weighted by Gasteiger charge is 2.15. The molecule has 0 aromatic carbocycles. The summed E-state index contributed by atoms with van der Waals surface area (Å²) in [6.07, 6.45) is 6.87. The van der Waals surface area contributed by atoms with Crippen molar-refractivity contribution in [1.29, 1.82) is 0 Å². The van der Waals surface area contributed by atoms with E-state index in [9.17, 15) is 0 Å². The minimum Gasteiger partial charge on any atom is -0.354 e. The van der Waals surface area contributed by atoms with Gasteiger partial charge in [0.15, 0.2) is 0 Å². The first-order valence-electron chi connectivity index (χ1n) is 7.12. The zero-order chi connectivity index (χ0) is 14.4. The quantitative estimate of drug-likeness (QED) is 0.870. The maximum atomic E-state index is 6.00. The summed E-state index contributed by atoms with van der Waals surface area (Å²) in [5, 5.41) is 4.13. The van der Waals surface area contributed by atoms with Gasteiger partial charge in [-0.15, -0.1) is 0 Å². The molecule has 0 amide bonds. The van der Waals surface area contributed by atoms with Gasteiger partial charge in [0.1, 0.15) is 0 Å². The zero-order valence-electron chi connectivity index (χ0n) is 12.1. The van der Waals surface area contributed by atoms with E-state index in [-0.39, 0.29) is 5.28 Å². The lowest BCUT2D eigenvalue weighted by Gasteiger charge is -2.26. The standard InChI is InChI=1S/C13H22ClN5S/c1-10(20-2)6-7-15-12-16-11(14)17-13(18-12)19-8-4-3-5-9-19/h10H,3-9H2,1-2H3,(H,15,16,17,18). The second-order valence-corrected chi connectivity index (χ2v) is 6.65. The Balaban J connectivity index is 1.97. The molecule has 1 aliphatic rings. The van der Waals surface area contributed by atoms with Gasteiger partial charge in [-0.1, -0.05) is 6.92 Å². The number of piperidine rings is 1. The van der Waals surface area contributed by atoms with E-state index < -0.39 is 0 Å². The number of hydrogen-bond acceptors (Lipinski definition) is 6. The fraction of sp³-hybridized carbons (Fsp3) is 0.769. The smallest absolute Gasteiger partial charge is 0.231 e. The zero-order valence-corrected chi connectivity index (χ0v) is 13.7. The minimum absolute atomic E-state index is 0.265. The maximum absolute atomic E-state index is 6.00. The number of aromatic nitrogens is 3. The number of hydrogen-bond donors (Lipinski definition) is 1. The van der Waals surface area contributed by atoms with E-state index in [0.717, 1.165) is 26.1 Å². The van der Waals surface area contributed by atoms with Crippen LogP contribution in [0.4, 0.5) is 11.9 Å². The van der Waals surface area contributed by atoms with Crippen molar-refractivity contribution in [3.8, 4) is 0 Å². The maximum Gasteiger partial charge on any atom is 0.231 e. The second-order valence-electron chi connectivity index (χ2n) is 5.04. The van der Waals surface area contributed by atoms with Gasteiger partial charge in [-0.05, 0) is 43.5 Å². The summed E-state index contributed by atoms with van der Waals surface area (Å²) in [5.74, 6) is 1.28. The van der Waals surface area contributed by atoms with Crippen LogP contribution in [-0.4, -0.2) is 46.1 Å². The van der Waals surface area contributed by atoms with E-state index in [1.807, 2.05) is 11.8 Å². The van der Waals surface area contributed by atoms with Crippen LogP contribution in [0.15, 0.2) is 0 Å². The third-order valence-electron chi connectivity index (χ3n) is 3.47. The Hall–Kier alpha value is -0.750. The van der Waals surface area contributed by atoms with Gasteiger partial charge in [-0.2, -0.15) is 26.7 Å². The van der Waals surface area contributed by atoms with Gasteiger partial charge in [0.05, 0.1) is 0 Å². The Morgan fingerprint density at radius 1 is 1.25 bits per heavy atom. The van der Waals surface area contributed by atoms with Crippen molar-refractivity contribution in [1.82, 2.24) is 15.0 Å². The van der Waals surface area contributed by atoms with Crippen molar-refractivity contribution in [3.05, 3.63) is 5.28 Å². The van der Waals surface area contributed by atoms with Crippen LogP contribution in [0.1, 0.15) is 32.6 Å². The van der Waals surface area contributed by atoms with Crippen LogP contribution in [0.3, 0.4) is 0 Å². The molecule has 1 saturated heterocycles. The number of halogens is 1. The number of nitrogens with one attached hydrogen (secondary N) is 1. The lowest BCUT2D eigenvalue weighted by atomic mass is 10.1. The number of thioether (sulfide) groups is 1. The summed E-state index contributed by atoms with van der Waals surface area (Å²) in [5.41, 5.74) is 0. The van der Waals surface area contributed by atoms with Crippen molar-refractivity contribution < 1.29 is 0 Å². The molecule has 112 valence electrons. The van der Waals surface area contributed by atoms with Gasteiger partial charge >= 0.3 is 0 Å². The molecule has 1 atom stereocenters. The summed E-state index contributed by atoms with van der Waals surface area (Å²) in [6.45, 7) is 5.07. The average Bonchev–Trinajstić information content (AvgIpc) is 2.47. The van der Waals surface area contributed by atoms with Crippen molar-refractivity contribution >= 4 is 35.3 Å². The third-order valence-corrected chi connectivity index (χ3v) is 4.68. The van der Waals surface area contributed by atoms with E-state index in [2.05, 4.69) is 38.3 Å². The molecule has 1 N–H and O–H groups in total. The Labute approximate surface area is 129 Å². The van der Waals surface area contributed by atoms with Crippen molar-refractivity contribution in [2.75, 3.05) is 36.1 Å². The SMILES string of the molecule is CSC(C)CCNc1nc(Cl)nc(N2CCCCC2)n1. The Bertz CT molecular complexity index is 425. The molecule has 0 radical (unpaired) electrons. The number of nitrogens with zero attached hydrogens (tertiary/aromatic N) is 4. The van der Waals surface area contributed by atoms with Gasteiger partial charge in [-0.3, -0.25) is 0 Å². The van der Waals surface area contributed by atoms with Crippen LogP contribution in [0.2, 0.25) is 5.28 Å². The molecule has 7 heteroatoms. The molecule has 0 aliphatic carbocycles. The first-order valence-corrected chi connectivity index (χ1v) is 8.79. The number of rotatable bonds is 6. The minimum atomic E-state index is 0.265. The van der Waals surface area contributed by atoms with Crippen LogP contribution in [0.5, 0.6) is 0 Å². The lowest BCUT2D eigenvalue weighted by molar-refractivity contribution is 0.567. The summed E-state index contributed by atoms with van der Waals surface area (Å²) in [7, 11) is 0. The predicted octanol–water partition coefficient (Wildman–Crippen LogP) is 3.07. The van der Waals surface area contributed by atoms with Crippen LogP contribution < -0.4 is 10.2 Å². The summed E-state index contributed by atoms with van der Waals surface area (Å²) >= 11 is 7.87. The normalized spacial score (nSPS) is 17.1. The largest absolute Gasteiger partial charge is 0.354 e. The average molecular weight is 316 g/mol. The second kappa shape index (κ2) is 7.88. The Morgan fingerprint density at radius 2 is 2.00 bits per heavy atom. The Morgan fingerprint density at radius 3 is 2.70 bits per heavy atom. The van der Waals surface area contributed by atoms with Gasteiger partial charge < -0.3 is 10.2 Å². The van der Waals surface area contributed by atoms with E-state index in [0.29, 0.717) is 17.1 Å². The van der Waals surface area contributed by atoms with Crippen LogP contribution in [-0.2, 0) is 0 Å². The first kappa shape index (κ1) is 15.6. The van der Waals surface area contributed by atoms with E-state index in [1.165, 1.54) is 19.3 Å². The highest BCUT2D eigenvalue weighted by molar-refractivity contribution is 7.99. The summed E-state index contributed by atoms with van der Waals surface area (Å²) in [6, 6.07) is 0. The molecule has 0 saturated carbocycles. The molecule has 1 aromatic rings. The highest BCUT2D eigenvalue weighted by atomic mass is 35.5. The predicted molar refractivity (Wildman–Crippen MR) is 87.0 cm³/mol. The van der Waals surface area contributed by atoms with E-state index >= 15 is 0 Å². The molecule has 1 aliphatic heterocycles. The molecule has 0 spiro atoms. The fourth-order valence-corrected chi connectivity index (χ4v) is 2.67. The topological polar surface area (TPSA) is 53.9 Å². The van der Waals surface area contributed by atoms with E-state index in [4.69, 9.17) is 11.6 Å². The van der Waals surface area contributed by atoms with Crippen LogP contribution in [0, 0.1) is 0 Å². The molecule has 2 rings (SSSR count). The van der Waals surface area contributed by atoms with E-state index in [1.54, 1.807) is 0 Å². The number of anilines is 2. The van der Waals surface area contributed by atoms with Crippen molar-refractivity contribution in [3.63, 3.8) is 0 Å². The van der Waals surface area contributed by atoms with Gasteiger partial charge in [-0.25, -0.2) is 0 Å². The summed E-state index contributed by atoms with van der Waals surface area (Å²) in [4.78, 5) is 15.1. The first-order chi connectivity index (χ1) is 9.69. The highest BCUT2D eigenvalue weighted by Crippen LogP contribution is 2.18. The fourth-order valence-electron chi connectivity index (χ4n) is 2.16. The van der Waals surface area contributed by atoms with Gasteiger partial charge in [0, 0.05) is 24.9 Å². The molecular formula is C13H22ClN5S. The molecule has 20 heavy (non-hydrogen) atoms. The third kappa shape index (κ3) is 4.66. The van der Waals surface area contributed by atoms with Gasteiger partial charge in [0.25, 0.3) is 0 Å². The Kier molecular flexibility index (Phi) is 6.16. The molecule has 1 unspecified atom stereocenters. The van der Waals surface area contributed by atoms with Crippen molar-refractivity contribution in [2.24, 2.45) is 0 Å². The van der Waals surface area contributed by atoms with Crippen LogP contribution in [0.25, 0.3) is 0 Å². The molecular weight excluding hydrogens is 294 g/mol. The monoisotopic (exact) mass is 315 g/mol. The van der Waals surface area contributed by atoms with Gasteiger partial charge in [0.2, 0.25) is 17.2 Å². The molecule has 1 fully saturated rings. The molecule has 0 bridgehead atoms.